The Morgan fingerprint density at radius 3 is 2.79 bits per heavy atom. The molecule has 102 valence electrons. The van der Waals surface area contributed by atoms with Gasteiger partial charge in [-0.1, -0.05) is 12.5 Å². The number of thiophene rings is 1. The lowest BCUT2D eigenvalue weighted by Gasteiger charge is -2.20. The van der Waals surface area contributed by atoms with Crippen molar-refractivity contribution in [1.29, 1.82) is 0 Å². The first-order chi connectivity index (χ1) is 9.22. The molecule has 0 saturated heterocycles. The molecular formula is C14H18N2O2S. The molecule has 1 aromatic heterocycles. The molecule has 2 N–H and O–H groups in total. The Labute approximate surface area is 116 Å². The highest BCUT2D eigenvalue weighted by Crippen LogP contribution is 2.49. The first-order valence-electron chi connectivity index (χ1n) is 6.85. The third kappa shape index (κ3) is 2.81. The molecule has 0 aliphatic heterocycles. The maximum absolute atomic E-state index is 11.8. The van der Waals surface area contributed by atoms with E-state index in [1.807, 2.05) is 11.4 Å². The fraction of sp³-hybridized carbons (Fsp3) is 0.571. The highest BCUT2D eigenvalue weighted by Gasteiger charge is 2.40. The molecular weight excluding hydrogens is 260 g/mol. The van der Waals surface area contributed by atoms with Gasteiger partial charge in [0.25, 0.3) is 5.91 Å². The van der Waals surface area contributed by atoms with Gasteiger partial charge in [0.1, 0.15) is 0 Å². The van der Waals surface area contributed by atoms with Crippen LogP contribution in [-0.4, -0.2) is 11.8 Å². The Balaban J connectivity index is 1.43. The maximum Gasteiger partial charge on any atom is 0.279 e. The summed E-state index contributed by atoms with van der Waals surface area (Å²) in [5.41, 5.74) is 5.00. The molecule has 2 amide bonds. The van der Waals surface area contributed by atoms with Crippen LogP contribution in [0.2, 0.25) is 0 Å². The minimum atomic E-state index is -0.240. The van der Waals surface area contributed by atoms with Gasteiger partial charge >= 0.3 is 0 Å². The Bertz CT molecular complexity index is 472. The fourth-order valence-electron chi connectivity index (χ4n) is 3.51. The van der Waals surface area contributed by atoms with Crippen LogP contribution in [0.3, 0.4) is 0 Å². The van der Waals surface area contributed by atoms with E-state index in [1.165, 1.54) is 37.0 Å². The largest absolute Gasteiger partial charge is 0.279 e. The molecule has 0 aromatic carbocycles. The molecule has 2 aliphatic carbocycles. The van der Waals surface area contributed by atoms with Gasteiger partial charge in [0.05, 0.1) is 4.88 Å². The number of fused-ring (bicyclic) bond motifs is 2. The lowest BCUT2D eigenvalue weighted by atomic mass is 9.86. The first-order valence-corrected chi connectivity index (χ1v) is 7.73. The molecule has 2 aliphatic rings. The average molecular weight is 278 g/mol. The van der Waals surface area contributed by atoms with E-state index in [2.05, 4.69) is 10.9 Å². The van der Waals surface area contributed by atoms with E-state index in [0.29, 0.717) is 17.2 Å². The van der Waals surface area contributed by atoms with Crippen LogP contribution in [0.25, 0.3) is 0 Å². The van der Waals surface area contributed by atoms with Crippen LogP contribution in [0.1, 0.15) is 41.8 Å². The van der Waals surface area contributed by atoms with E-state index in [0.717, 1.165) is 11.8 Å². The van der Waals surface area contributed by atoms with Crippen LogP contribution in [0.15, 0.2) is 17.5 Å². The highest BCUT2D eigenvalue weighted by atomic mass is 32.1. The summed E-state index contributed by atoms with van der Waals surface area (Å²) in [6, 6.07) is 3.55. The summed E-state index contributed by atoms with van der Waals surface area (Å²) in [7, 11) is 0. The average Bonchev–Trinajstić information content (AvgIpc) is 3.12. The standard InChI is InChI=1S/C14H18N2O2S/c17-13(8-11-7-9-3-4-10(11)6-9)15-16-14(18)12-2-1-5-19-12/h1-2,5,9-11H,3-4,6-8H2,(H,15,17)(H,16,18)/t9-,10-,11+/m1/s1. The van der Waals surface area contributed by atoms with Gasteiger partial charge in [0.15, 0.2) is 0 Å². The van der Waals surface area contributed by atoms with Gasteiger partial charge in [-0.25, -0.2) is 0 Å². The van der Waals surface area contributed by atoms with Gasteiger partial charge < -0.3 is 0 Å². The Hall–Kier alpha value is -1.36. The number of hydrazine groups is 1. The molecule has 1 heterocycles. The number of hydrogen-bond donors (Lipinski definition) is 2. The van der Waals surface area contributed by atoms with E-state index in [9.17, 15) is 9.59 Å². The van der Waals surface area contributed by atoms with Gasteiger partial charge in [0.2, 0.25) is 5.91 Å². The molecule has 19 heavy (non-hydrogen) atoms. The Morgan fingerprint density at radius 1 is 1.26 bits per heavy atom. The summed E-state index contributed by atoms with van der Waals surface area (Å²) in [6.45, 7) is 0. The number of rotatable bonds is 3. The van der Waals surface area contributed by atoms with Gasteiger partial charge in [-0.3, -0.25) is 20.4 Å². The zero-order valence-electron chi connectivity index (χ0n) is 10.7. The molecule has 3 atom stereocenters. The molecule has 3 rings (SSSR count). The molecule has 0 spiro atoms. The van der Waals surface area contributed by atoms with E-state index in [4.69, 9.17) is 0 Å². The Kier molecular flexibility index (Phi) is 3.55. The molecule has 5 heteroatoms. The van der Waals surface area contributed by atoms with Crippen LogP contribution < -0.4 is 10.9 Å². The van der Waals surface area contributed by atoms with Crippen LogP contribution >= 0.6 is 11.3 Å². The van der Waals surface area contributed by atoms with Crippen molar-refractivity contribution in [1.82, 2.24) is 10.9 Å². The quantitative estimate of drug-likeness (QED) is 0.834. The lowest BCUT2D eigenvalue weighted by molar-refractivity contribution is -0.123. The van der Waals surface area contributed by atoms with Gasteiger partial charge in [0, 0.05) is 6.42 Å². The van der Waals surface area contributed by atoms with Crippen molar-refractivity contribution < 1.29 is 9.59 Å². The second kappa shape index (κ2) is 5.33. The number of carbonyl (C=O) groups excluding carboxylic acids is 2. The second-order valence-corrected chi connectivity index (χ2v) is 6.57. The highest BCUT2D eigenvalue weighted by molar-refractivity contribution is 7.12. The Morgan fingerprint density at radius 2 is 2.16 bits per heavy atom. The molecule has 2 fully saturated rings. The maximum atomic E-state index is 11.8. The van der Waals surface area contributed by atoms with Gasteiger partial charge in [-0.05, 0) is 48.5 Å². The summed E-state index contributed by atoms with van der Waals surface area (Å²) in [6.07, 6.45) is 5.67. The van der Waals surface area contributed by atoms with Crippen LogP contribution in [0.5, 0.6) is 0 Å². The van der Waals surface area contributed by atoms with Crippen molar-refractivity contribution in [3.8, 4) is 0 Å². The summed E-state index contributed by atoms with van der Waals surface area (Å²) in [5, 5.41) is 1.84. The fourth-order valence-corrected chi connectivity index (χ4v) is 4.13. The zero-order chi connectivity index (χ0) is 13.2. The number of amides is 2. The van der Waals surface area contributed by atoms with Crippen molar-refractivity contribution >= 4 is 23.2 Å². The van der Waals surface area contributed by atoms with Crippen molar-refractivity contribution in [2.45, 2.75) is 32.1 Å². The van der Waals surface area contributed by atoms with Crippen LogP contribution in [0.4, 0.5) is 0 Å². The second-order valence-electron chi connectivity index (χ2n) is 5.62. The lowest BCUT2D eigenvalue weighted by Crippen LogP contribution is -2.42. The molecule has 4 nitrogen and oxygen atoms in total. The van der Waals surface area contributed by atoms with Crippen molar-refractivity contribution in [2.24, 2.45) is 17.8 Å². The first kappa shape index (κ1) is 12.7. The SMILES string of the molecule is O=C(C[C@@H]1C[C@@H]2CC[C@@H]1C2)NNC(=O)c1cccs1. The van der Waals surface area contributed by atoms with Crippen molar-refractivity contribution in [2.75, 3.05) is 0 Å². The molecule has 2 bridgehead atoms. The zero-order valence-corrected chi connectivity index (χ0v) is 11.5. The summed E-state index contributed by atoms with van der Waals surface area (Å²) in [5.74, 6) is 1.81. The number of carbonyl (C=O) groups is 2. The monoisotopic (exact) mass is 278 g/mol. The van der Waals surface area contributed by atoms with Gasteiger partial charge in [-0.15, -0.1) is 11.3 Å². The van der Waals surface area contributed by atoms with Crippen LogP contribution in [0, 0.1) is 17.8 Å². The van der Waals surface area contributed by atoms with Crippen molar-refractivity contribution in [3.05, 3.63) is 22.4 Å². The van der Waals surface area contributed by atoms with Gasteiger partial charge in [-0.2, -0.15) is 0 Å². The summed E-state index contributed by atoms with van der Waals surface area (Å²) < 4.78 is 0. The molecule has 0 radical (unpaired) electrons. The number of nitrogens with one attached hydrogen (secondary N) is 2. The van der Waals surface area contributed by atoms with E-state index in [1.54, 1.807) is 6.07 Å². The van der Waals surface area contributed by atoms with E-state index >= 15 is 0 Å². The van der Waals surface area contributed by atoms with E-state index in [-0.39, 0.29) is 11.8 Å². The predicted molar refractivity (Wildman–Crippen MR) is 73.5 cm³/mol. The molecule has 1 aromatic rings. The van der Waals surface area contributed by atoms with Crippen LogP contribution in [-0.2, 0) is 4.79 Å². The topological polar surface area (TPSA) is 58.2 Å². The smallest absolute Gasteiger partial charge is 0.273 e. The van der Waals surface area contributed by atoms with E-state index < -0.39 is 0 Å². The minimum absolute atomic E-state index is 0.0672. The molecule has 0 unspecified atom stereocenters. The molecule has 2 saturated carbocycles. The summed E-state index contributed by atoms with van der Waals surface area (Å²) in [4.78, 5) is 24.1. The minimum Gasteiger partial charge on any atom is -0.273 e. The summed E-state index contributed by atoms with van der Waals surface area (Å²) >= 11 is 1.36. The third-order valence-electron chi connectivity index (χ3n) is 4.39. The normalized spacial score (nSPS) is 28.3. The predicted octanol–water partition coefficient (Wildman–Crippen LogP) is 2.34. The van der Waals surface area contributed by atoms with Crippen molar-refractivity contribution in [3.63, 3.8) is 0 Å². The third-order valence-corrected chi connectivity index (χ3v) is 5.26. The number of hydrogen-bond acceptors (Lipinski definition) is 3.